The van der Waals surface area contributed by atoms with Gasteiger partial charge in [-0.1, -0.05) is 20.8 Å². The summed E-state index contributed by atoms with van der Waals surface area (Å²) >= 11 is 0. The molecule has 1 aromatic rings. The van der Waals surface area contributed by atoms with E-state index in [4.69, 9.17) is 5.11 Å². The van der Waals surface area contributed by atoms with Crippen LogP contribution in [0.1, 0.15) is 67.3 Å². The molecule has 1 aromatic heterocycles. The second-order valence-corrected chi connectivity index (χ2v) is 7.22. The fourth-order valence-corrected chi connectivity index (χ4v) is 3.22. The van der Waals surface area contributed by atoms with E-state index < -0.39 is 5.97 Å². The minimum absolute atomic E-state index is 0.0524. The molecule has 0 unspecified atom stereocenters. The van der Waals surface area contributed by atoms with Crippen LogP contribution in [0, 0.1) is 11.3 Å². The van der Waals surface area contributed by atoms with E-state index in [2.05, 4.69) is 31.2 Å². The number of carboxylic acids is 1. The Hall–Kier alpha value is -1.85. The Balaban J connectivity index is 2.00. The molecule has 0 aliphatic heterocycles. The Bertz CT molecular complexity index is 564. The number of aryl methyl sites for hydroxylation is 1. The molecule has 6 nitrogen and oxygen atoms in total. The van der Waals surface area contributed by atoms with Gasteiger partial charge < -0.3 is 10.4 Å². The molecule has 1 amide bonds. The summed E-state index contributed by atoms with van der Waals surface area (Å²) in [6.45, 7) is 6.77. The standard InChI is InChI=1S/C16H25N3O3/c1-16(2,3)10-5-7-11(8-6-10)18-14(20)13-12(15(21)22)9-17-19(13)4/h9-11H,5-8H2,1-4H3,(H,18,20)(H,21,22). The zero-order valence-electron chi connectivity index (χ0n) is 13.7. The molecular formula is C16H25N3O3. The number of hydrogen-bond acceptors (Lipinski definition) is 3. The van der Waals surface area contributed by atoms with Gasteiger partial charge in [0.05, 0.1) is 6.20 Å². The number of aromatic carboxylic acids is 1. The molecule has 0 radical (unpaired) electrons. The van der Waals surface area contributed by atoms with E-state index in [1.165, 1.54) is 10.9 Å². The van der Waals surface area contributed by atoms with Crippen LogP contribution in [-0.4, -0.2) is 32.8 Å². The van der Waals surface area contributed by atoms with Gasteiger partial charge in [-0.2, -0.15) is 5.10 Å². The number of amides is 1. The summed E-state index contributed by atoms with van der Waals surface area (Å²) in [4.78, 5) is 23.5. The van der Waals surface area contributed by atoms with Crippen molar-refractivity contribution in [1.82, 2.24) is 15.1 Å². The maximum atomic E-state index is 12.4. The van der Waals surface area contributed by atoms with E-state index in [0.29, 0.717) is 11.3 Å². The highest BCUT2D eigenvalue weighted by Crippen LogP contribution is 2.37. The largest absolute Gasteiger partial charge is 0.478 e. The molecule has 22 heavy (non-hydrogen) atoms. The highest BCUT2D eigenvalue weighted by Gasteiger charge is 2.31. The molecule has 0 atom stereocenters. The van der Waals surface area contributed by atoms with E-state index >= 15 is 0 Å². The lowest BCUT2D eigenvalue weighted by Gasteiger charge is -2.37. The molecule has 6 heteroatoms. The van der Waals surface area contributed by atoms with Gasteiger partial charge in [0.25, 0.3) is 5.91 Å². The summed E-state index contributed by atoms with van der Waals surface area (Å²) in [5.41, 5.74) is 0.363. The van der Waals surface area contributed by atoms with Gasteiger partial charge in [0.15, 0.2) is 0 Å². The molecule has 1 aliphatic carbocycles. The van der Waals surface area contributed by atoms with Crippen molar-refractivity contribution in [3.05, 3.63) is 17.5 Å². The summed E-state index contributed by atoms with van der Waals surface area (Å²) in [6.07, 6.45) is 5.27. The lowest BCUT2D eigenvalue weighted by atomic mass is 9.71. The van der Waals surface area contributed by atoms with E-state index in [1.54, 1.807) is 7.05 Å². The maximum absolute atomic E-state index is 12.4. The van der Waals surface area contributed by atoms with Crippen LogP contribution >= 0.6 is 0 Å². The number of rotatable bonds is 3. The van der Waals surface area contributed by atoms with E-state index in [1.807, 2.05) is 0 Å². The average Bonchev–Trinajstić information content (AvgIpc) is 2.80. The molecule has 0 aromatic carbocycles. The zero-order chi connectivity index (χ0) is 16.5. The van der Waals surface area contributed by atoms with Gasteiger partial charge in [-0.25, -0.2) is 4.79 Å². The molecule has 1 fully saturated rings. The van der Waals surface area contributed by atoms with Gasteiger partial charge >= 0.3 is 5.97 Å². The lowest BCUT2D eigenvalue weighted by molar-refractivity contribution is 0.0688. The second kappa shape index (κ2) is 6.10. The first-order valence-electron chi connectivity index (χ1n) is 7.76. The fourth-order valence-electron chi connectivity index (χ4n) is 3.22. The van der Waals surface area contributed by atoms with Crippen molar-refractivity contribution in [2.45, 2.75) is 52.5 Å². The summed E-state index contributed by atoms with van der Waals surface area (Å²) < 4.78 is 1.32. The van der Waals surface area contributed by atoms with Crippen LogP contribution in [0.25, 0.3) is 0 Å². The second-order valence-electron chi connectivity index (χ2n) is 7.22. The molecule has 1 aliphatic rings. The van der Waals surface area contributed by atoms with Crippen molar-refractivity contribution in [2.75, 3.05) is 0 Å². The predicted octanol–water partition coefficient (Wildman–Crippen LogP) is 2.45. The molecule has 2 N–H and O–H groups in total. The summed E-state index contributed by atoms with van der Waals surface area (Å²) in [6, 6.07) is 0.114. The summed E-state index contributed by atoms with van der Waals surface area (Å²) in [5.74, 6) is -0.807. The van der Waals surface area contributed by atoms with Crippen molar-refractivity contribution in [2.24, 2.45) is 18.4 Å². The molecule has 2 rings (SSSR count). The number of nitrogens with zero attached hydrogens (tertiary/aromatic N) is 2. The maximum Gasteiger partial charge on any atom is 0.339 e. The minimum atomic E-state index is -1.13. The number of carboxylic acid groups (broad SMARTS) is 1. The van der Waals surface area contributed by atoms with Gasteiger partial charge in [0, 0.05) is 13.1 Å². The van der Waals surface area contributed by atoms with Crippen molar-refractivity contribution in [1.29, 1.82) is 0 Å². The molecule has 0 saturated heterocycles. The Morgan fingerprint density at radius 2 is 1.86 bits per heavy atom. The number of nitrogens with one attached hydrogen (secondary N) is 1. The van der Waals surface area contributed by atoms with E-state index in [0.717, 1.165) is 25.7 Å². The molecule has 0 bridgehead atoms. The smallest absolute Gasteiger partial charge is 0.339 e. The first kappa shape index (κ1) is 16.5. The number of aromatic nitrogens is 2. The van der Waals surface area contributed by atoms with Crippen molar-refractivity contribution in [3.8, 4) is 0 Å². The summed E-state index contributed by atoms with van der Waals surface area (Å²) in [7, 11) is 1.58. The minimum Gasteiger partial charge on any atom is -0.478 e. The van der Waals surface area contributed by atoms with Crippen molar-refractivity contribution >= 4 is 11.9 Å². The molecule has 1 saturated carbocycles. The fraction of sp³-hybridized carbons (Fsp3) is 0.688. The normalized spacial score (nSPS) is 22.4. The third-order valence-corrected chi connectivity index (χ3v) is 4.67. The van der Waals surface area contributed by atoms with Crippen LogP contribution in [0.2, 0.25) is 0 Å². The van der Waals surface area contributed by atoms with Crippen LogP contribution in [-0.2, 0) is 7.05 Å². The van der Waals surface area contributed by atoms with Gasteiger partial charge in [-0.15, -0.1) is 0 Å². The van der Waals surface area contributed by atoms with Crippen LogP contribution < -0.4 is 5.32 Å². The first-order chi connectivity index (χ1) is 10.2. The van der Waals surface area contributed by atoms with Crippen molar-refractivity contribution < 1.29 is 14.7 Å². The average molecular weight is 307 g/mol. The van der Waals surface area contributed by atoms with Gasteiger partial charge in [-0.3, -0.25) is 9.48 Å². The molecule has 0 spiro atoms. The SMILES string of the molecule is Cn1ncc(C(=O)O)c1C(=O)NC1CCC(C(C)(C)C)CC1. The Morgan fingerprint density at radius 3 is 2.36 bits per heavy atom. The van der Waals surface area contributed by atoms with Crippen LogP contribution in [0.5, 0.6) is 0 Å². The Kier molecular flexibility index (Phi) is 4.58. The predicted molar refractivity (Wildman–Crippen MR) is 82.8 cm³/mol. The highest BCUT2D eigenvalue weighted by atomic mass is 16.4. The first-order valence-corrected chi connectivity index (χ1v) is 7.76. The number of hydrogen-bond donors (Lipinski definition) is 2. The van der Waals surface area contributed by atoms with Gasteiger partial charge in [0.1, 0.15) is 11.3 Å². The van der Waals surface area contributed by atoms with E-state index in [9.17, 15) is 9.59 Å². The molecule has 1 heterocycles. The molecular weight excluding hydrogens is 282 g/mol. The zero-order valence-corrected chi connectivity index (χ0v) is 13.7. The Labute approximate surface area is 130 Å². The number of carbonyl (C=O) groups excluding carboxylic acids is 1. The van der Waals surface area contributed by atoms with E-state index in [-0.39, 0.29) is 23.2 Å². The summed E-state index contributed by atoms with van der Waals surface area (Å²) in [5, 5.41) is 16.0. The third-order valence-electron chi connectivity index (χ3n) is 4.67. The van der Waals surface area contributed by atoms with Crippen molar-refractivity contribution in [3.63, 3.8) is 0 Å². The molecule has 122 valence electrons. The van der Waals surface area contributed by atoms with Crippen LogP contribution in [0.4, 0.5) is 0 Å². The number of carbonyl (C=O) groups is 2. The van der Waals surface area contributed by atoms with Crippen LogP contribution in [0.3, 0.4) is 0 Å². The quantitative estimate of drug-likeness (QED) is 0.898. The van der Waals surface area contributed by atoms with Crippen LogP contribution in [0.15, 0.2) is 6.20 Å². The third kappa shape index (κ3) is 3.48. The lowest BCUT2D eigenvalue weighted by Crippen LogP contribution is -2.40. The monoisotopic (exact) mass is 307 g/mol. The highest BCUT2D eigenvalue weighted by molar-refractivity contribution is 6.03. The Morgan fingerprint density at radius 1 is 1.27 bits per heavy atom. The topological polar surface area (TPSA) is 84.2 Å². The van der Waals surface area contributed by atoms with Gasteiger partial charge in [-0.05, 0) is 37.0 Å². The van der Waals surface area contributed by atoms with Gasteiger partial charge in [0.2, 0.25) is 0 Å².